The van der Waals surface area contributed by atoms with Crippen LogP contribution in [-0.4, -0.2) is 32.3 Å². The lowest BCUT2D eigenvalue weighted by atomic mass is 10.2. The van der Waals surface area contributed by atoms with Crippen LogP contribution >= 0.6 is 0 Å². The van der Waals surface area contributed by atoms with Crippen LogP contribution in [0, 0.1) is 5.92 Å². The molecule has 5 heteroatoms. The van der Waals surface area contributed by atoms with E-state index in [0.29, 0.717) is 23.8 Å². The Morgan fingerprint density at radius 3 is 2.32 bits per heavy atom. The number of rotatable bonds is 6. The van der Waals surface area contributed by atoms with Gasteiger partial charge in [-0.25, -0.2) is 9.59 Å². The Morgan fingerprint density at radius 2 is 1.79 bits per heavy atom. The SMILES string of the molecule is COC(=O)COc1ccc(C(=O)OCC(C)C)cc1. The number of esters is 2. The molecular weight excluding hydrogens is 248 g/mol. The number of methoxy groups -OCH3 is 1. The topological polar surface area (TPSA) is 61.8 Å². The molecule has 0 atom stereocenters. The molecule has 0 N–H and O–H groups in total. The summed E-state index contributed by atoms with van der Waals surface area (Å²) in [4.78, 5) is 22.5. The molecule has 0 saturated heterocycles. The number of benzene rings is 1. The molecule has 0 aliphatic carbocycles. The van der Waals surface area contributed by atoms with Gasteiger partial charge in [-0.3, -0.25) is 0 Å². The molecule has 0 heterocycles. The van der Waals surface area contributed by atoms with Crippen LogP contribution in [0.5, 0.6) is 5.75 Å². The fourth-order valence-electron chi connectivity index (χ4n) is 1.21. The number of carbonyl (C=O) groups excluding carboxylic acids is 2. The summed E-state index contributed by atoms with van der Waals surface area (Å²) in [6.45, 7) is 4.17. The van der Waals surface area contributed by atoms with E-state index in [0.717, 1.165) is 0 Å². The van der Waals surface area contributed by atoms with Crippen LogP contribution in [0.2, 0.25) is 0 Å². The first kappa shape index (κ1) is 15.0. The first-order valence-corrected chi connectivity index (χ1v) is 5.99. The van der Waals surface area contributed by atoms with Gasteiger partial charge in [0.25, 0.3) is 0 Å². The zero-order valence-corrected chi connectivity index (χ0v) is 11.3. The fraction of sp³-hybridized carbons (Fsp3) is 0.429. The van der Waals surface area contributed by atoms with Gasteiger partial charge in [0, 0.05) is 0 Å². The van der Waals surface area contributed by atoms with E-state index in [9.17, 15) is 9.59 Å². The van der Waals surface area contributed by atoms with Crippen molar-refractivity contribution in [2.75, 3.05) is 20.3 Å². The highest BCUT2D eigenvalue weighted by molar-refractivity contribution is 5.89. The third-order valence-corrected chi connectivity index (χ3v) is 2.22. The second-order valence-electron chi connectivity index (χ2n) is 4.38. The maximum Gasteiger partial charge on any atom is 0.343 e. The molecule has 104 valence electrons. The van der Waals surface area contributed by atoms with Crippen molar-refractivity contribution in [2.45, 2.75) is 13.8 Å². The molecule has 0 amide bonds. The van der Waals surface area contributed by atoms with Crippen molar-refractivity contribution >= 4 is 11.9 Å². The fourth-order valence-corrected chi connectivity index (χ4v) is 1.21. The highest BCUT2D eigenvalue weighted by atomic mass is 16.6. The van der Waals surface area contributed by atoms with Gasteiger partial charge in [-0.2, -0.15) is 0 Å². The molecule has 0 saturated carbocycles. The minimum atomic E-state index is -0.458. The van der Waals surface area contributed by atoms with Gasteiger partial charge in [-0.1, -0.05) is 13.8 Å². The predicted molar refractivity (Wildman–Crippen MR) is 69.1 cm³/mol. The van der Waals surface area contributed by atoms with Crippen molar-refractivity contribution in [3.63, 3.8) is 0 Å². The lowest BCUT2D eigenvalue weighted by molar-refractivity contribution is -0.142. The van der Waals surface area contributed by atoms with Crippen LogP contribution in [0.4, 0.5) is 0 Å². The average Bonchev–Trinajstić information content (AvgIpc) is 2.42. The van der Waals surface area contributed by atoms with Crippen molar-refractivity contribution in [1.29, 1.82) is 0 Å². The zero-order chi connectivity index (χ0) is 14.3. The summed E-state index contributed by atoms with van der Waals surface area (Å²) in [6, 6.07) is 6.40. The molecule has 0 aliphatic heterocycles. The molecular formula is C14H18O5. The van der Waals surface area contributed by atoms with Gasteiger partial charge in [0.15, 0.2) is 6.61 Å². The highest BCUT2D eigenvalue weighted by Gasteiger charge is 2.08. The van der Waals surface area contributed by atoms with E-state index in [1.54, 1.807) is 24.3 Å². The standard InChI is InChI=1S/C14H18O5/c1-10(2)8-19-14(16)11-4-6-12(7-5-11)18-9-13(15)17-3/h4-7,10H,8-9H2,1-3H3. The molecule has 0 unspecified atom stereocenters. The van der Waals surface area contributed by atoms with E-state index in [2.05, 4.69) is 4.74 Å². The van der Waals surface area contributed by atoms with Crippen molar-refractivity contribution < 1.29 is 23.8 Å². The van der Waals surface area contributed by atoms with Crippen LogP contribution in [0.25, 0.3) is 0 Å². The summed E-state index contributed by atoms with van der Waals surface area (Å²) in [5, 5.41) is 0. The second kappa shape index (κ2) is 7.41. The average molecular weight is 266 g/mol. The molecule has 0 bridgehead atoms. The normalized spacial score (nSPS) is 10.1. The van der Waals surface area contributed by atoms with E-state index in [1.807, 2.05) is 13.8 Å². The molecule has 1 aromatic rings. The van der Waals surface area contributed by atoms with E-state index >= 15 is 0 Å². The van der Waals surface area contributed by atoms with Crippen molar-refractivity contribution in [1.82, 2.24) is 0 Å². The Balaban J connectivity index is 2.51. The first-order chi connectivity index (χ1) is 9.02. The Morgan fingerprint density at radius 1 is 1.16 bits per heavy atom. The third kappa shape index (κ3) is 5.42. The van der Waals surface area contributed by atoms with E-state index in [-0.39, 0.29) is 12.6 Å². The second-order valence-corrected chi connectivity index (χ2v) is 4.38. The minimum Gasteiger partial charge on any atom is -0.482 e. The molecule has 1 rings (SSSR count). The summed E-state index contributed by atoms with van der Waals surface area (Å²) >= 11 is 0. The van der Waals surface area contributed by atoms with Gasteiger partial charge in [0.2, 0.25) is 0 Å². The van der Waals surface area contributed by atoms with Crippen molar-refractivity contribution in [2.24, 2.45) is 5.92 Å². The Bertz CT molecular complexity index is 422. The summed E-state index contributed by atoms with van der Waals surface area (Å²) in [5.41, 5.74) is 0.450. The molecule has 0 radical (unpaired) electrons. The van der Waals surface area contributed by atoms with Crippen LogP contribution in [0.3, 0.4) is 0 Å². The summed E-state index contributed by atoms with van der Waals surface area (Å²) < 4.78 is 14.7. The molecule has 5 nitrogen and oxygen atoms in total. The van der Waals surface area contributed by atoms with Gasteiger partial charge < -0.3 is 14.2 Å². The summed E-state index contributed by atoms with van der Waals surface area (Å²) in [7, 11) is 1.29. The maximum absolute atomic E-state index is 11.6. The molecule has 19 heavy (non-hydrogen) atoms. The maximum atomic E-state index is 11.6. The van der Waals surface area contributed by atoms with Crippen LogP contribution < -0.4 is 4.74 Å². The molecule has 0 aromatic heterocycles. The van der Waals surface area contributed by atoms with E-state index in [1.165, 1.54) is 7.11 Å². The quantitative estimate of drug-likeness (QED) is 0.737. The number of hydrogen-bond donors (Lipinski definition) is 0. The lowest BCUT2D eigenvalue weighted by Gasteiger charge is -2.08. The lowest BCUT2D eigenvalue weighted by Crippen LogP contribution is -2.13. The van der Waals surface area contributed by atoms with Gasteiger partial charge in [0.1, 0.15) is 5.75 Å². The first-order valence-electron chi connectivity index (χ1n) is 5.99. The summed E-state index contributed by atoms with van der Waals surface area (Å²) in [5.74, 6) is -0.0361. The summed E-state index contributed by atoms with van der Waals surface area (Å²) in [6.07, 6.45) is 0. The van der Waals surface area contributed by atoms with Gasteiger partial charge >= 0.3 is 11.9 Å². The van der Waals surface area contributed by atoms with Gasteiger partial charge in [-0.05, 0) is 30.2 Å². The van der Waals surface area contributed by atoms with E-state index < -0.39 is 5.97 Å². The Kier molecular flexibility index (Phi) is 5.85. The number of ether oxygens (including phenoxy) is 3. The highest BCUT2D eigenvalue weighted by Crippen LogP contribution is 2.13. The van der Waals surface area contributed by atoms with E-state index in [4.69, 9.17) is 9.47 Å². The third-order valence-electron chi connectivity index (χ3n) is 2.22. The molecule has 1 aromatic carbocycles. The molecule has 0 aliphatic rings. The Hall–Kier alpha value is -2.04. The van der Waals surface area contributed by atoms with Crippen molar-refractivity contribution in [3.8, 4) is 5.75 Å². The molecule has 0 spiro atoms. The smallest absolute Gasteiger partial charge is 0.343 e. The van der Waals surface area contributed by atoms with Crippen LogP contribution in [0.15, 0.2) is 24.3 Å². The number of carbonyl (C=O) groups is 2. The van der Waals surface area contributed by atoms with Gasteiger partial charge in [-0.15, -0.1) is 0 Å². The predicted octanol–water partition coefficient (Wildman–Crippen LogP) is 2.05. The Labute approximate surface area is 112 Å². The zero-order valence-electron chi connectivity index (χ0n) is 11.3. The van der Waals surface area contributed by atoms with Crippen LogP contribution in [0.1, 0.15) is 24.2 Å². The molecule has 0 fully saturated rings. The largest absolute Gasteiger partial charge is 0.482 e. The van der Waals surface area contributed by atoms with Crippen LogP contribution in [-0.2, 0) is 14.3 Å². The van der Waals surface area contributed by atoms with Crippen molar-refractivity contribution in [3.05, 3.63) is 29.8 Å². The monoisotopic (exact) mass is 266 g/mol. The van der Waals surface area contributed by atoms with Gasteiger partial charge in [0.05, 0.1) is 19.3 Å². The number of hydrogen-bond acceptors (Lipinski definition) is 5. The minimum absolute atomic E-state index is 0.159.